The third-order valence-electron chi connectivity index (χ3n) is 1.40. The number of thiazole rings is 1. The van der Waals surface area contributed by atoms with E-state index >= 15 is 0 Å². The summed E-state index contributed by atoms with van der Waals surface area (Å²) in [5.74, 6) is 0. The van der Waals surface area contributed by atoms with Crippen molar-refractivity contribution in [1.29, 1.82) is 0 Å². The summed E-state index contributed by atoms with van der Waals surface area (Å²) in [6.07, 6.45) is 0. The van der Waals surface area contributed by atoms with Gasteiger partial charge >= 0.3 is 0 Å². The van der Waals surface area contributed by atoms with Crippen LogP contribution in [0.1, 0.15) is 5.01 Å². The van der Waals surface area contributed by atoms with Crippen molar-refractivity contribution in [2.24, 2.45) is 0 Å². The van der Waals surface area contributed by atoms with Gasteiger partial charge in [0.25, 0.3) is 0 Å². The number of hydrogen-bond donors (Lipinski definition) is 0. The van der Waals surface area contributed by atoms with Gasteiger partial charge in [-0.05, 0) is 19.1 Å². The van der Waals surface area contributed by atoms with Gasteiger partial charge in [0, 0.05) is 21.1 Å². The SMILES string of the molecule is Cc1nc2ccccc2s1.[Pt]. The molecule has 3 heteroatoms. The predicted octanol–water partition coefficient (Wildman–Crippen LogP) is 2.60. The van der Waals surface area contributed by atoms with Crippen molar-refractivity contribution in [3.8, 4) is 0 Å². The summed E-state index contributed by atoms with van der Waals surface area (Å²) in [4.78, 5) is 4.33. The molecule has 0 unspecified atom stereocenters. The molecule has 60 valence electrons. The number of benzene rings is 1. The topological polar surface area (TPSA) is 12.9 Å². The first kappa shape index (κ1) is 8.89. The molecule has 0 radical (unpaired) electrons. The van der Waals surface area contributed by atoms with Crippen molar-refractivity contribution in [1.82, 2.24) is 4.98 Å². The van der Waals surface area contributed by atoms with Crippen LogP contribution in [0.2, 0.25) is 0 Å². The molecule has 0 aliphatic rings. The molecule has 1 nitrogen and oxygen atoms in total. The molecule has 0 spiro atoms. The van der Waals surface area contributed by atoms with Crippen molar-refractivity contribution >= 4 is 21.6 Å². The molecule has 0 atom stereocenters. The summed E-state index contributed by atoms with van der Waals surface area (Å²) < 4.78 is 1.28. The van der Waals surface area contributed by atoms with Crippen LogP contribution >= 0.6 is 11.3 Å². The Hall–Kier alpha value is -0.202. The van der Waals surface area contributed by atoms with Gasteiger partial charge in [0.05, 0.1) is 15.2 Å². The van der Waals surface area contributed by atoms with E-state index in [1.54, 1.807) is 11.3 Å². The van der Waals surface area contributed by atoms with E-state index in [4.69, 9.17) is 0 Å². The Morgan fingerprint density at radius 3 is 2.73 bits per heavy atom. The van der Waals surface area contributed by atoms with Crippen molar-refractivity contribution in [3.05, 3.63) is 29.3 Å². The van der Waals surface area contributed by atoms with Gasteiger partial charge in [0.1, 0.15) is 0 Å². The van der Waals surface area contributed by atoms with Crippen LogP contribution in [0.5, 0.6) is 0 Å². The Morgan fingerprint density at radius 2 is 2.00 bits per heavy atom. The van der Waals surface area contributed by atoms with Crippen LogP contribution in [0.4, 0.5) is 0 Å². The van der Waals surface area contributed by atoms with Gasteiger partial charge in [0.15, 0.2) is 0 Å². The summed E-state index contributed by atoms with van der Waals surface area (Å²) in [7, 11) is 0. The Balaban J connectivity index is 0.000000605. The van der Waals surface area contributed by atoms with E-state index in [1.807, 2.05) is 25.1 Å². The zero-order valence-corrected chi connectivity index (χ0v) is 9.07. The van der Waals surface area contributed by atoms with Gasteiger partial charge in [-0.25, -0.2) is 4.98 Å². The molecule has 11 heavy (non-hydrogen) atoms. The van der Waals surface area contributed by atoms with Gasteiger partial charge in [0.2, 0.25) is 0 Å². The first-order chi connectivity index (χ1) is 4.86. The van der Waals surface area contributed by atoms with Crippen molar-refractivity contribution in [2.45, 2.75) is 6.92 Å². The fraction of sp³-hybridized carbons (Fsp3) is 0.125. The molecule has 0 fully saturated rings. The fourth-order valence-corrected chi connectivity index (χ4v) is 1.81. The number of hydrogen-bond acceptors (Lipinski definition) is 2. The third-order valence-corrected chi connectivity index (χ3v) is 2.35. The van der Waals surface area contributed by atoms with Gasteiger partial charge < -0.3 is 0 Å². The Morgan fingerprint density at radius 1 is 1.27 bits per heavy atom. The predicted molar refractivity (Wildman–Crippen MR) is 44.4 cm³/mol. The van der Waals surface area contributed by atoms with E-state index in [2.05, 4.69) is 11.1 Å². The Labute approximate surface area is 83.7 Å². The van der Waals surface area contributed by atoms with Crippen LogP contribution < -0.4 is 0 Å². The molecule has 0 amide bonds. The number of para-hydroxylation sites is 1. The van der Waals surface area contributed by atoms with Crippen LogP contribution in [-0.4, -0.2) is 4.98 Å². The molecular weight excluding hydrogens is 337 g/mol. The molecule has 0 saturated carbocycles. The van der Waals surface area contributed by atoms with Crippen LogP contribution in [0.15, 0.2) is 24.3 Å². The summed E-state index contributed by atoms with van der Waals surface area (Å²) in [6.45, 7) is 2.03. The monoisotopic (exact) mass is 344 g/mol. The van der Waals surface area contributed by atoms with Crippen LogP contribution in [0, 0.1) is 6.92 Å². The molecule has 0 N–H and O–H groups in total. The number of nitrogens with zero attached hydrogens (tertiary/aromatic N) is 1. The van der Waals surface area contributed by atoms with E-state index in [0.717, 1.165) is 10.5 Å². The number of aromatic nitrogens is 1. The fourth-order valence-electron chi connectivity index (χ4n) is 0.987. The molecule has 0 saturated heterocycles. The van der Waals surface area contributed by atoms with Gasteiger partial charge in [-0.2, -0.15) is 0 Å². The van der Waals surface area contributed by atoms with E-state index in [-0.39, 0.29) is 21.1 Å². The van der Waals surface area contributed by atoms with Crippen LogP contribution in [-0.2, 0) is 21.1 Å². The minimum absolute atomic E-state index is 0. The largest absolute Gasteiger partial charge is 0.242 e. The molecule has 1 heterocycles. The number of fused-ring (bicyclic) bond motifs is 1. The molecule has 0 aliphatic heterocycles. The zero-order chi connectivity index (χ0) is 6.97. The second kappa shape index (κ2) is 3.46. The molecule has 0 bridgehead atoms. The molecule has 2 rings (SSSR count). The first-order valence-electron chi connectivity index (χ1n) is 3.18. The number of rotatable bonds is 0. The zero-order valence-electron chi connectivity index (χ0n) is 5.98. The average Bonchev–Trinajstić information content (AvgIpc) is 2.27. The van der Waals surface area contributed by atoms with E-state index in [1.165, 1.54) is 4.70 Å². The van der Waals surface area contributed by atoms with Crippen molar-refractivity contribution in [3.63, 3.8) is 0 Å². The maximum Gasteiger partial charge on any atom is 0.0907 e. The van der Waals surface area contributed by atoms with Crippen LogP contribution in [0.25, 0.3) is 10.2 Å². The van der Waals surface area contributed by atoms with E-state index in [9.17, 15) is 0 Å². The minimum Gasteiger partial charge on any atom is -0.242 e. The van der Waals surface area contributed by atoms with E-state index < -0.39 is 0 Å². The van der Waals surface area contributed by atoms with Crippen molar-refractivity contribution < 1.29 is 21.1 Å². The molecular formula is C8H7NPtS. The maximum absolute atomic E-state index is 4.33. The standard InChI is InChI=1S/C8H7NS.Pt/c1-6-9-7-4-2-3-5-8(7)10-6;/h2-5H,1H3;. The summed E-state index contributed by atoms with van der Waals surface area (Å²) in [5.41, 5.74) is 1.12. The Kier molecular flexibility index (Phi) is 2.80. The van der Waals surface area contributed by atoms with Crippen molar-refractivity contribution in [2.75, 3.05) is 0 Å². The maximum atomic E-state index is 4.33. The summed E-state index contributed by atoms with van der Waals surface area (Å²) >= 11 is 1.74. The second-order valence-corrected chi connectivity index (χ2v) is 3.44. The average molecular weight is 344 g/mol. The second-order valence-electron chi connectivity index (χ2n) is 2.20. The molecule has 1 aromatic heterocycles. The molecule has 0 aliphatic carbocycles. The van der Waals surface area contributed by atoms with Gasteiger partial charge in [-0.1, -0.05) is 12.1 Å². The minimum atomic E-state index is 0. The normalized spacial score (nSPS) is 9.55. The van der Waals surface area contributed by atoms with E-state index in [0.29, 0.717) is 0 Å². The van der Waals surface area contributed by atoms with Gasteiger partial charge in [-0.3, -0.25) is 0 Å². The van der Waals surface area contributed by atoms with Crippen LogP contribution in [0.3, 0.4) is 0 Å². The smallest absolute Gasteiger partial charge is 0.0907 e. The number of aryl methyl sites for hydroxylation is 1. The quantitative estimate of drug-likeness (QED) is 0.716. The molecule has 2 aromatic rings. The summed E-state index contributed by atoms with van der Waals surface area (Å²) in [6, 6.07) is 8.19. The third kappa shape index (κ3) is 1.69. The van der Waals surface area contributed by atoms with Gasteiger partial charge in [-0.15, -0.1) is 11.3 Å². The Bertz CT molecular complexity index is 323. The first-order valence-corrected chi connectivity index (χ1v) is 4.00. The molecule has 1 aromatic carbocycles. The summed E-state index contributed by atoms with van der Waals surface area (Å²) in [5, 5.41) is 1.14.